The molecule has 0 aromatic heterocycles. The molecule has 0 spiro atoms. The smallest absolute Gasteiger partial charge is 0.0897 e. The van der Waals surface area contributed by atoms with Gasteiger partial charge in [-0.1, -0.05) is 0 Å². The van der Waals surface area contributed by atoms with Gasteiger partial charge in [-0.05, 0) is 39.8 Å². The summed E-state index contributed by atoms with van der Waals surface area (Å²) in [6.45, 7) is 9.85. The van der Waals surface area contributed by atoms with E-state index in [-0.39, 0.29) is 0 Å². The molecule has 1 aliphatic heterocycles. The first-order valence-electron chi connectivity index (χ1n) is 4.97. The third-order valence-corrected chi connectivity index (χ3v) is 2.32. The Morgan fingerprint density at radius 2 is 1.23 bits per heavy atom. The maximum atomic E-state index is 2.33. The minimum atomic E-state index is 0.567. The quantitative estimate of drug-likeness (QED) is 0.644. The van der Waals surface area contributed by atoms with Crippen molar-refractivity contribution in [1.29, 1.82) is 0 Å². The van der Waals surface area contributed by atoms with Gasteiger partial charge in [0.15, 0.2) is 0 Å². The average Bonchev–Trinajstić information content (AvgIpc) is 2.28. The van der Waals surface area contributed by atoms with Crippen molar-refractivity contribution >= 4 is 0 Å². The molecule has 0 amide bonds. The first kappa shape index (κ1) is 10.2. The van der Waals surface area contributed by atoms with E-state index in [0.717, 1.165) is 6.67 Å². The molecule has 0 saturated carbocycles. The highest BCUT2D eigenvalue weighted by atomic mass is 15.3. The Morgan fingerprint density at radius 3 is 1.54 bits per heavy atom. The Morgan fingerprint density at radius 1 is 0.846 bits per heavy atom. The molecule has 0 bridgehead atoms. The van der Waals surface area contributed by atoms with E-state index in [1.165, 1.54) is 0 Å². The van der Waals surface area contributed by atoms with Crippen molar-refractivity contribution in [3.63, 3.8) is 0 Å². The fourth-order valence-electron chi connectivity index (χ4n) is 1.27. The molecule has 0 aromatic carbocycles. The molecule has 0 aliphatic carbocycles. The van der Waals surface area contributed by atoms with Crippen molar-refractivity contribution in [2.75, 3.05) is 6.67 Å². The molecular weight excluding hydrogens is 160 g/mol. The van der Waals surface area contributed by atoms with Crippen molar-refractivity contribution in [1.82, 2.24) is 9.80 Å². The van der Waals surface area contributed by atoms with Gasteiger partial charge < -0.3 is 9.80 Å². The van der Waals surface area contributed by atoms with Crippen LogP contribution < -0.4 is 0 Å². The van der Waals surface area contributed by atoms with Gasteiger partial charge in [-0.3, -0.25) is 0 Å². The van der Waals surface area contributed by atoms with Gasteiger partial charge in [0, 0.05) is 24.5 Å². The van der Waals surface area contributed by atoms with Crippen LogP contribution in [0.1, 0.15) is 27.7 Å². The summed E-state index contributed by atoms with van der Waals surface area (Å²) in [6.07, 6.45) is 8.51. The van der Waals surface area contributed by atoms with Crippen LogP contribution in [0.25, 0.3) is 0 Å². The van der Waals surface area contributed by atoms with Gasteiger partial charge in [-0.25, -0.2) is 0 Å². The molecule has 1 heterocycles. The molecule has 74 valence electrons. The highest BCUT2D eigenvalue weighted by molar-refractivity contribution is 5.05. The lowest BCUT2D eigenvalue weighted by atomic mass is 10.3. The highest BCUT2D eigenvalue weighted by Crippen LogP contribution is 2.09. The molecule has 1 rings (SSSR count). The summed E-state index contributed by atoms with van der Waals surface area (Å²) in [5.41, 5.74) is 0. The first-order valence-corrected chi connectivity index (χ1v) is 4.97. The molecule has 0 saturated heterocycles. The van der Waals surface area contributed by atoms with E-state index in [9.17, 15) is 0 Å². The predicted octanol–water partition coefficient (Wildman–Crippen LogP) is 2.41. The fraction of sp³-hybridized carbons (Fsp3) is 0.636. The van der Waals surface area contributed by atoms with E-state index in [1.807, 2.05) is 0 Å². The van der Waals surface area contributed by atoms with E-state index in [4.69, 9.17) is 0 Å². The second-order valence-corrected chi connectivity index (χ2v) is 4.04. The van der Waals surface area contributed by atoms with Gasteiger partial charge >= 0.3 is 0 Å². The Kier molecular flexibility index (Phi) is 3.40. The van der Waals surface area contributed by atoms with Crippen LogP contribution >= 0.6 is 0 Å². The van der Waals surface area contributed by atoms with Crippen LogP contribution in [-0.4, -0.2) is 28.6 Å². The SMILES string of the molecule is CC(C)N1C=CC=CN(C(C)C)C1. The summed E-state index contributed by atoms with van der Waals surface area (Å²) >= 11 is 0. The fourth-order valence-corrected chi connectivity index (χ4v) is 1.27. The molecule has 1 aliphatic rings. The van der Waals surface area contributed by atoms with Crippen molar-refractivity contribution < 1.29 is 0 Å². The van der Waals surface area contributed by atoms with Crippen LogP contribution in [0.2, 0.25) is 0 Å². The second kappa shape index (κ2) is 4.35. The summed E-state index contributed by atoms with van der Waals surface area (Å²) in [5, 5.41) is 0. The van der Waals surface area contributed by atoms with E-state index in [2.05, 4.69) is 62.0 Å². The predicted molar refractivity (Wildman–Crippen MR) is 57.1 cm³/mol. The molecule has 0 radical (unpaired) electrons. The molecule has 0 atom stereocenters. The standard InChI is InChI=1S/C11H20N2/c1-10(2)12-7-5-6-8-13(9-12)11(3)4/h5-8,10-11H,9H2,1-4H3. The van der Waals surface area contributed by atoms with Crippen molar-refractivity contribution in [2.24, 2.45) is 0 Å². The van der Waals surface area contributed by atoms with Crippen LogP contribution in [0.5, 0.6) is 0 Å². The zero-order valence-corrected chi connectivity index (χ0v) is 9.07. The maximum absolute atomic E-state index is 2.33. The minimum Gasteiger partial charge on any atom is -0.358 e. The van der Waals surface area contributed by atoms with E-state index in [0.29, 0.717) is 12.1 Å². The summed E-state index contributed by atoms with van der Waals surface area (Å²) in [7, 11) is 0. The third-order valence-electron chi connectivity index (χ3n) is 2.32. The zero-order chi connectivity index (χ0) is 9.84. The van der Waals surface area contributed by atoms with Crippen molar-refractivity contribution in [3.8, 4) is 0 Å². The van der Waals surface area contributed by atoms with E-state index in [1.54, 1.807) is 0 Å². The number of hydrogen-bond donors (Lipinski definition) is 0. The highest BCUT2D eigenvalue weighted by Gasteiger charge is 2.11. The average molecular weight is 180 g/mol. The Balaban J connectivity index is 2.63. The molecule has 0 aromatic rings. The lowest BCUT2D eigenvalue weighted by molar-refractivity contribution is 0.170. The first-order chi connectivity index (χ1) is 6.11. The molecule has 2 nitrogen and oxygen atoms in total. The molecule has 0 fully saturated rings. The van der Waals surface area contributed by atoms with Crippen molar-refractivity contribution in [3.05, 3.63) is 24.6 Å². The topological polar surface area (TPSA) is 6.48 Å². The number of allylic oxidation sites excluding steroid dienone is 2. The number of rotatable bonds is 2. The van der Waals surface area contributed by atoms with Crippen LogP contribution in [0.3, 0.4) is 0 Å². The van der Waals surface area contributed by atoms with Gasteiger partial charge in [-0.2, -0.15) is 0 Å². The Hall–Kier alpha value is -0.920. The zero-order valence-electron chi connectivity index (χ0n) is 9.07. The largest absolute Gasteiger partial charge is 0.358 e. The summed E-state index contributed by atoms with van der Waals surface area (Å²) < 4.78 is 0. The number of nitrogens with zero attached hydrogens (tertiary/aromatic N) is 2. The van der Waals surface area contributed by atoms with Gasteiger partial charge in [0.2, 0.25) is 0 Å². The lowest BCUT2D eigenvalue weighted by Crippen LogP contribution is -2.38. The molecule has 13 heavy (non-hydrogen) atoms. The van der Waals surface area contributed by atoms with Crippen LogP contribution in [0.4, 0.5) is 0 Å². The van der Waals surface area contributed by atoms with Gasteiger partial charge in [0.25, 0.3) is 0 Å². The molecular formula is C11H20N2. The normalized spacial score (nSPS) is 17.4. The Bertz CT molecular complexity index is 182. The maximum Gasteiger partial charge on any atom is 0.0897 e. The molecule has 2 heteroatoms. The summed E-state index contributed by atoms with van der Waals surface area (Å²) in [6, 6.07) is 1.13. The van der Waals surface area contributed by atoms with Crippen LogP contribution in [0.15, 0.2) is 24.6 Å². The molecule has 0 N–H and O–H groups in total. The molecule has 0 unspecified atom stereocenters. The monoisotopic (exact) mass is 180 g/mol. The van der Waals surface area contributed by atoms with E-state index < -0.39 is 0 Å². The summed E-state index contributed by atoms with van der Waals surface area (Å²) in [4.78, 5) is 4.67. The van der Waals surface area contributed by atoms with Crippen molar-refractivity contribution in [2.45, 2.75) is 39.8 Å². The summed E-state index contributed by atoms with van der Waals surface area (Å²) in [5.74, 6) is 0. The Labute approximate surface area is 81.5 Å². The van der Waals surface area contributed by atoms with Gasteiger partial charge in [0.1, 0.15) is 0 Å². The second-order valence-electron chi connectivity index (χ2n) is 4.04. The van der Waals surface area contributed by atoms with Crippen LogP contribution in [-0.2, 0) is 0 Å². The lowest BCUT2D eigenvalue weighted by Gasteiger charge is -2.32. The third kappa shape index (κ3) is 2.79. The van der Waals surface area contributed by atoms with Gasteiger partial charge in [-0.15, -0.1) is 0 Å². The number of hydrogen-bond acceptors (Lipinski definition) is 2. The van der Waals surface area contributed by atoms with Gasteiger partial charge in [0.05, 0.1) is 6.67 Å². The van der Waals surface area contributed by atoms with Crippen LogP contribution in [0, 0.1) is 0 Å². The van der Waals surface area contributed by atoms with E-state index >= 15 is 0 Å². The minimum absolute atomic E-state index is 0.567.